The average Bonchev–Trinajstić information content (AvgIpc) is 2.89. The van der Waals surface area contributed by atoms with Crippen LogP contribution >= 0.6 is 0 Å². The first-order valence-corrected chi connectivity index (χ1v) is 9.25. The first-order chi connectivity index (χ1) is 10.5. The minimum atomic E-state index is 0.412. The second-order valence-corrected chi connectivity index (χ2v) is 9.02. The Morgan fingerprint density at radius 3 is 2.77 bits per heavy atom. The maximum absolute atomic E-state index is 9.27. The van der Waals surface area contributed by atoms with E-state index in [1.165, 1.54) is 44.9 Å². The van der Waals surface area contributed by atoms with Crippen LogP contribution < -0.4 is 0 Å². The van der Waals surface area contributed by atoms with E-state index in [4.69, 9.17) is 0 Å². The lowest BCUT2D eigenvalue weighted by Crippen LogP contribution is -2.61. The molecule has 1 N–H and O–H groups in total. The van der Waals surface area contributed by atoms with Crippen molar-refractivity contribution in [3.05, 3.63) is 6.42 Å². The summed E-state index contributed by atoms with van der Waals surface area (Å²) in [6.45, 7) is 5.09. The molecule has 1 saturated heterocycles. The Balaban J connectivity index is 1.64. The molecule has 1 radical (unpaired) electrons. The highest BCUT2D eigenvalue weighted by Crippen LogP contribution is 2.64. The third-order valence-electron chi connectivity index (χ3n) is 8.25. The van der Waals surface area contributed by atoms with Gasteiger partial charge < -0.3 is 10.1 Å². The molecule has 0 aromatic rings. The summed E-state index contributed by atoms with van der Waals surface area (Å²) < 4.78 is 0. The van der Waals surface area contributed by atoms with Crippen LogP contribution in [0.2, 0.25) is 0 Å². The fraction of sp³-hybridized carbons (Fsp3) is 0.895. The highest BCUT2D eigenvalue weighted by Gasteiger charge is 2.58. The van der Waals surface area contributed by atoms with Gasteiger partial charge >= 0.3 is 0 Å². The number of likely N-dealkylation sites (tertiary alicyclic amines) is 1. The fourth-order valence-electron chi connectivity index (χ4n) is 6.98. The van der Waals surface area contributed by atoms with Crippen LogP contribution in [0.4, 0.5) is 0 Å². The third kappa shape index (κ3) is 1.83. The molecule has 4 aliphatic rings. The number of amidine groups is 1. The molecule has 3 saturated carbocycles. The number of oxime groups is 1. The Bertz CT molecular complexity index is 490. The maximum atomic E-state index is 9.27. The molecule has 3 aliphatic carbocycles. The number of piperidine rings is 1. The van der Waals surface area contributed by atoms with E-state index in [1.54, 1.807) is 0 Å². The molecule has 0 spiro atoms. The molecular formula is C19H31N2O. The summed E-state index contributed by atoms with van der Waals surface area (Å²) in [7, 11) is 2.15. The normalized spacial score (nSPS) is 53.0. The first kappa shape index (κ1) is 14.8. The first-order valence-electron chi connectivity index (χ1n) is 9.25. The summed E-state index contributed by atoms with van der Waals surface area (Å²) in [4.78, 5) is 2.30. The Morgan fingerprint density at radius 2 is 2.00 bits per heavy atom. The number of nitrogens with zero attached hydrogens (tertiary/aromatic N) is 2. The summed E-state index contributed by atoms with van der Waals surface area (Å²) in [6, 6.07) is 0.572. The van der Waals surface area contributed by atoms with Crippen LogP contribution in [-0.2, 0) is 0 Å². The number of hydrogen-bond acceptors (Lipinski definition) is 2. The van der Waals surface area contributed by atoms with Gasteiger partial charge in [-0.1, -0.05) is 19.0 Å². The van der Waals surface area contributed by atoms with Gasteiger partial charge in [-0.25, -0.2) is 0 Å². The van der Waals surface area contributed by atoms with Crippen LogP contribution in [0.25, 0.3) is 0 Å². The van der Waals surface area contributed by atoms with Crippen molar-refractivity contribution in [3.8, 4) is 0 Å². The minimum Gasteiger partial charge on any atom is -0.409 e. The van der Waals surface area contributed by atoms with E-state index >= 15 is 0 Å². The van der Waals surface area contributed by atoms with Crippen LogP contribution in [0.3, 0.4) is 0 Å². The van der Waals surface area contributed by atoms with Gasteiger partial charge in [-0.2, -0.15) is 0 Å². The van der Waals surface area contributed by atoms with Gasteiger partial charge in [0.25, 0.3) is 0 Å². The molecule has 4 fully saturated rings. The molecule has 1 unspecified atom stereocenters. The molecule has 1 heterocycles. The highest BCUT2D eigenvalue weighted by atomic mass is 16.4. The van der Waals surface area contributed by atoms with E-state index in [-0.39, 0.29) is 0 Å². The summed E-state index contributed by atoms with van der Waals surface area (Å²) in [5.41, 5.74) is 1.01. The lowest BCUT2D eigenvalue weighted by Gasteiger charge is -2.61. The molecular weight excluding hydrogens is 272 g/mol. The monoisotopic (exact) mass is 303 g/mol. The molecule has 0 amide bonds. The highest BCUT2D eigenvalue weighted by molar-refractivity contribution is 5.82. The molecule has 123 valence electrons. The van der Waals surface area contributed by atoms with Crippen molar-refractivity contribution in [3.63, 3.8) is 0 Å². The standard InChI is InChI=1S/C19H31N2O/c1-18-10-4-5-14(18)13-6-7-16-19(2,15(13)8-11-18)12-9-17(20-22)21(16)3/h4,13-16,22H,5-12H2,1-3H3/t13-,14-,15+,16?,18-,19+/m0/s1. The Hall–Kier alpha value is -0.730. The quantitative estimate of drug-likeness (QED) is 0.534. The second kappa shape index (κ2) is 4.88. The van der Waals surface area contributed by atoms with Crippen molar-refractivity contribution in [1.29, 1.82) is 0 Å². The van der Waals surface area contributed by atoms with E-state index in [1.807, 2.05) is 0 Å². The zero-order valence-electron chi connectivity index (χ0n) is 14.4. The second-order valence-electron chi connectivity index (χ2n) is 9.02. The van der Waals surface area contributed by atoms with E-state index in [0.29, 0.717) is 16.9 Å². The largest absolute Gasteiger partial charge is 0.409 e. The Kier molecular flexibility index (Phi) is 3.29. The third-order valence-corrected chi connectivity index (χ3v) is 8.25. The number of rotatable bonds is 0. The molecule has 3 heteroatoms. The summed E-state index contributed by atoms with van der Waals surface area (Å²) in [5, 5.41) is 12.8. The minimum absolute atomic E-state index is 0.412. The zero-order valence-corrected chi connectivity index (χ0v) is 14.4. The van der Waals surface area contributed by atoms with Gasteiger partial charge in [0.15, 0.2) is 0 Å². The van der Waals surface area contributed by atoms with Crippen LogP contribution in [0, 0.1) is 35.0 Å². The molecule has 0 bridgehead atoms. The van der Waals surface area contributed by atoms with Gasteiger partial charge in [-0.15, -0.1) is 0 Å². The zero-order chi connectivity index (χ0) is 15.5. The predicted octanol–water partition coefficient (Wildman–Crippen LogP) is 4.32. The van der Waals surface area contributed by atoms with Gasteiger partial charge in [-0.3, -0.25) is 0 Å². The predicted molar refractivity (Wildman–Crippen MR) is 88.7 cm³/mol. The Labute approximate surface area is 135 Å². The van der Waals surface area contributed by atoms with Crippen molar-refractivity contribution in [2.45, 2.75) is 71.3 Å². The van der Waals surface area contributed by atoms with Crippen molar-refractivity contribution >= 4 is 5.84 Å². The number of fused-ring (bicyclic) bond motifs is 5. The fourth-order valence-corrected chi connectivity index (χ4v) is 6.98. The van der Waals surface area contributed by atoms with Crippen LogP contribution in [-0.4, -0.2) is 29.0 Å². The van der Waals surface area contributed by atoms with E-state index < -0.39 is 0 Å². The van der Waals surface area contributed by atoms with Crippen molar-refractivity contribution in [1.82, 2.24) is 4.90 Å². The van der Waals surface area contributed by atoms with E-state index in [9.17, 15) is 5.21 Å². The lowest BCUT2D eigenvalue weighted by atomic mass is 9.47. The van der Waals surface area contributed by atoms with E-state index in [2.05, 4.69) is 37.4 Å². The summed E-state index contributed by atoms with van der Waals surface area (Å²) in [6.07, 6.45) is 12.9. The summed E-state index contributed by atoms with van der Waals surface area (Å²) >= 11 is 0. The molecule has 4 rings (SSSR count). The molecule has 0 aromatic heterocycles. The molecule has 6 atom stereocenters. The lowest BCUT2D eigenvalue weighted by molar-refractivity contribution is -0.0968. The van der Waals surface area contributed by atoms with Crippen molar-refractivity contribution in [2.75, 3.05) is 7.05 Å². The van der Waals surface area contributed by atoms with Crippen molar-refractivity contribution < 1.29 is 5.21 Å². The van der Waals surface area contributed by atoms with Crippen molar-refractivity contribution in [2.24, 2.45) is 33.7 Å². The van der Waals surface area contributed by atoms with Gasteiger partial charge in [0, 0.05) is 19.5 Å². The topological polar surface area (TPSA) is 35.8 Å². The smallest absolute Gasteiger partial charge is 0.144 e. The van der Waals surface area contributed by atoms with Gasteiger partial charge in [-0.05, 0) is 80.0 Å². The van der Waals surface area contributed by atoms with Gasteiger partial charge in [0.2, 0.25) is 0 Å². The SMILES string of the molecule is CN1C(=NO)CC[C@@]2(C)C1CC[C@@H]1[C@H]2CC[C@]2(C)C[CH]C[C@@H]12. The molecule has 0 aromatic carbocycles. The molecule has 22 heavy (non-hydrogen) atoms. The number of hydrogen-bond donors (Lipinski definition) is 1. The summed E-state index contributed by atoms with van der Waals surface area (Å²) in [5.74, 6) is 3.64. The molecule has 3 nitrogen and oxygen atoms in total. The maximum Gasteiger partial charge on any atom is 0.144 e. The Morgan fingerprint density at radius 1 is 1.18 bits per heavy atom. The molecule has 1 aliphatic heterocycles. The van der Waals surface area contributed by atoms with Crippen LogP contribution in [0.5, 0.6) is 0 Å². The van der Waals surface area contributed by atoms with Gasteiger partial charge in [0.05, 0.1) is 0 Å². The van der Waals surface area contributed by atoms with Gasteiger partial charge in [0.1, 0.15) is 5.84 Å². The van der Waals surface area contributed by atoms with Crippen LogP contribution in [0.1, 0.15) is 65.2 Å². The average molecular weight is 303 g/mol. The van der Waals surface area contributed by atoms with Crippen LogP contribution in [0.15, 0.2) is 5.16 Å². The van der Waals surface area contributed by atoms with E-state index in [0.717, 1.165) is 30.0 Å².